The van der Waals surface area contributed by atoms with Crippen LogP contribution in [0.4, 0.5) is 0 Å². The molecule has 1 aliphatic rings. The van der Waals surface area contributed by atoms with Crippen LogP contribution in [0, 0.1) is 4.91 Å². The van der Waals surface area contributed by atoms with Crippen LogP contribution in [0.25, 0.3) is 0 Å². The van der Waals surface area contributed by atoms with Crippen molar-refractivity contribution in [2.45, 2.75) is 0 Å². The van der Waals surface area contributed by atoms with Gasteiger partial charge in [-0.05, 0) is 7.05 Å². The summed E-state index contributed by atoms with van der Waals surface area (Å²) in [5.41, 5.74) is 0. The highest BCUT2D eigenvalue weighted by Gasteiger charge is 2.11. The molecule has 0 aromatic heterocycles. The number of piperazine rings is 1. The molecule has 1 fully saturated rings. The number of nitrogens with zero attached hydrogens (tertiary/aromatic N) is 3. The van der Waals surface area contributed by atoms with Crippen molar-refractivity contribution in [3.05, 3.63) is 4.91 Å². The molecule has 0 unspecified atom stereocenters. The average molecular weight is 130 g/mol. The molecule has 0 aromatic carbocycles. The molecule has 4 heteroatoms. The minimum Gasteiger partial charge on any atom is -0.303 e. The maximum atomic E-state index is 9.92. The topological polar surface area (TPSA) is 35.9 Å². The minimum atomic E-state index is 0.778. The predicted molar refractivity (Wildman–Crippen MR) is 34.9 cm³/mol. The fourth-order valence-corrected chi connectivity index (χ4v) is 0.878. The third-order valence-corrected chi connectivity index (χ3v) is 1.60. The molecule has 1 saturated heterocycles. The third-order valence-electron chi connectivity index (χ3n) is 1.60. The second kappa shape index (κ2) is 2.77. The van der Waals surface area contributed by atoms with Crippen molar-refractivity contribution in [1.29, 1.82) is 0 Å². The molecule has 9 heavy (non-hydrogen) atoms. The van der Waals surface area contributed by atoms with E-state index >= 15 is 0 Å². The third kappa shape index (κ3) is 1.64. The van der Waals surface area contributed by atoms with Gasteiger partial charge >= 0.3 is 0 Å². The molecule has 0 N–H and O–H groups in total. The summed E-state index contributed by atoms with van der Waals surface area (Å²) in [6, 6.07) is 0. The first-order valence-corrected chi connectivity index (χ1v) is 3.09. The van der Waals surface area contributed by atoms with E-state index in [0.29, 0.717) is 0 Å². The summed E-state index contributed by atoms with van der Waals surface area (Å²) in [5.74, 6) is 0. The van der Waals surface area contributed by atoms with Gasteiger partial charge in [-0.2, -0.15) is 0 Å². The first kappa shape index (κ1) is 6.48. The average Bonchev–Trinajstić information content (AvgIpc) is 1.90. The van der Waals surface area contributed by atoms with Crippen molar-refractivity contribution >= 4 is 0 Å². The van der Waals surface area contributed by atoms with E-state index in [9.17, 15) is 4.91 Å². The van der Waals surface area contributed by atoms with Gasteiger partial charge in [-0.3, -0.25) is 5.01 Å². The van der Waals surface area contributed by atoms with Gasteiger partial charge in [0.05, 0.1) is 18.4 Å². The van der Waals surface area contributed by atoms with Gasteiger partial charge in [0.25, 0.3) is 0 Å². The number of likely N-dealkylation sites (N-methyl/N-ethyl adjacent to an activating group) is 1. The first-order chi connectivity index (χ1) is 4.33. The first-order valence-electron chi connectivity index (χ1n) is 3.09. The molecule has 0 amide bonds. The Bertz CT molecular complexity index is 98.4. The lowest BCUT2D eigenvalue weighted by Crippen LogP contribution is -2.41. The zero-order chi connectivity index (χ0) is 6.69. The van der Waals surface area contributed by atoms with E-state index in [-0.39, 0.29) is 0 Å². The minimum absolute atomic E-state index is 0.778. The van der Waals surface area contributed by atoms with Crippen molar-refractivity contribution in [1.82, 2.24) is 9.91 Å². The van der Waals surface area contributed by atoms with E-state index in [1.165, 1.54) is 0 Å². The highest BCUT2D eigenvalue weighted by Crippen LogP contribution is 1.97. The lowest BCUT2D eigenvalue weighted by molar-refractivity contribution is 0.157. The van der Waals surface area contributed by atoms with Crippen molar-refractivity contribution in [2.24, 2.45) is 5.29 Å². The largest absolute Gasteiger partial charge is 0.303 e. The standard InChI is InChI=1S/C5H11N3O/c1-7-2-4-8(6-9)5-3-7/h2-5H2,1H3/i6+1. The zero-order valence-electron chi connectivity index (χ0n) is 5.58. The van der Waals surface area contributed by atoms with Crippen molar-refractivity contribution < 1.29 is 0 Å². The number of hydrogen-bond acceptors (Lipinski definition) is 3. The summed E-state index contributed by atoms with van der Waals surface area (Å²) >= 11 is 0. The monoisotopic (exact) mass is 130 g/mol. The smallest absolute Gasteiger partial charge is 0.0524 e. The van der Waals surface area contributed by atoms with E-state index in [1.54, 1.807) is 5.01 Å². The lowest BCUT2D eigenvalue weighted by Gasteiger charge is -2.27. The summed E-state index contributed by atoms with van der Waals surface area (Å²) in [6.45, 7) is 3.46. The maximum Gasteiger partial charge on any atom is 0.0524 e. The number of hydrogen-bond donors (Lipinski definition) is 0. The van der Waals surface area contributed by atoms with E-state index in [1.807, 2.05) is 7.05 Å². The number of nitroso groups, excluding NO2 is 1. The molecular formula is C5H11N3O. The quantitative estimate of drug-likeness (QED) is 0.368. The highest BCUT2D eigenvalue weighted by molar-refractivity contribution is 4.64. The van der Waals surface area contributed by atoms with Crippen LogP contribution in [0.1, 0.15) is 0 Å². The Morgan fingerprint density at radius 1 is 1.22 bits per heavy atom. The Balaban J connectivity index is 2.26. The number of rotatable bonds is 1. The van der Waals surface area contributed by atoms with Crippen LogP contribution in [-0.2, 0) is 0 Å². The molecule has 0 radical (unpaired) electrons. The Kier molecular flexibility index (Phi) is 2.00. The van der Waals surface area contributed by atoms with Gasteiger partial charge < -0.3 is 4.90 Å². The molecular weight excluding hydrogens is 119 g/mol. The van der Waals surface area contributed by atoms with Crippen LogP contribution in [0.15, 0.2) is 5.29 Å². The second-order valence-corrected chi connectivity index (χ2v) is 2.34. The summed E-state index contributed by atoms with van der Waals surface area (Å²) < 4.78 is 0. The Morgan fingerprint density at radius 2 is 1.78 bits per heavy atom. The summed E-state index contributed by atoms with van der Waals surface area (Å²) in [7, 11) is 2.04. The maximum absolute atomic E-state index is 9.92. The van der Waals surface area contributed by atoms with Crippen LogP contribution in [0.3, 0.4) is 0 Å². The van der Waals surface area contributed by atoms with Gasteiger partial charge in [0.1, 0.15) is 0 Å². The van der Waals surface area contributed by atoms with Crippen LogP contribution in [0.5, 0.6) is 0 Å². The summed E-state index contributed by atoms with van der Waals surface area (Å²) in [6.07, 6.45) is 0. The van der Waals surface area contributed by atoms with Crippen molar-refractivity contribution in [3.8, 4) is 0 Å². The Morgan fingerprint density at radius 3 is 2.22 bits per heavy atom. The molecule has 0 atom stereocenters. The molecule has 0 aromatic rings. The van der Waals surface area contributed by atoms with E-state index in [0.717, 1.165) is 26.2 Å². The molecule has 0 saturated carbocycles. The molecule has 0 aliphatic carbocycles. The van der Waals surface area contributed by atoms with E-state index in [4.69, 9.17) is 0 Å². The van der Waals surface area contributed by atoms with Gasteiger partial charge in [-0.1, -0.05) is 0 Å². The van der Waals surface area contributed by atoms with Gasteiger partial charge in [-0.15, -0.1) is 4.91 Å². The van der Waals surface area contributed by atoms with Crippen LogP contribution in [0.2, 0.25) is 0 Å². The molecule has 1 aliphatic heterocycles. The molecule has 0 bridgehead atoms. The summed E-state index contributed by atoms with van der Waals surface area (Å²) in [5, 5.41) is 4.39. The lowest BCUT2D eigenvalue weighted by atomic mass is 10.4. The second-order valence-electron chi connectivity index (χ2n) is 2.34. The fourth-order valence-electron chi connectivity index (χ4n) is 0.878. The molecule has 0 spiro atoms. The van der Waals surface area contributed by atoms with Crippen LogP contribution >= 0.6 is 0 Å². The van der Waals surface area contributed by atoms with Gasteiger partial charge in [0.2, 0.25) is 0 Å². The van der Waals surface area contributed by atoms with Crippen LogP contribution < -0.4 is 0 Å². The highest BCUT2D eigenvalue weighted by atomic mass is 16.5. The van der Waals surface area contributed by atoms with E-state index in [2.05, 4.69) is 10.2 Å². The predicted octanol–water partition coefficient (Wildman–Crippen LogP) is -0.0848. The van der Waals surface area contributed by atoms with Crippen molar-refractivity contribution in [2.75, 3.05) is 33.2 Å². The van der Waals surface area contributed by atoms with E-state index < -0.39 is 0 Å². The Labute approximate surface area is 54.4 Å². The van der Waals surface area contributed by atoms with Gasteiger partial charge in [0, 0.05) is 13.1 Å². The molecule has 1 rings (SSSR count). The van der Waals surface area contributed by atoms with Gasteiger partial charge in [-0.25, -0.2) is 0 Å². The van der Waals surface area contributed by atoms with Crippen molar-refractivity contribution in [3.63, 3.8) is 0 Å². The Hall–Kier alpha value is -0.640. The zero-order valence-corrected chi connectivity index (χ0v) is 5.58. The normalized spacial score (nSPS) is 22.1. The van der Waals surface area contributed by atoms with Crippen LogP contribution in [-0.4, -0.2) is 43.1 Å². The molecule has 52 valence electrons. The fraction of sp³-hybridized carbons (Fsp3) is 1.00. The molecule has 1 heterocycles. The summed E-state index contributed by atoms with van der Waals surface area (Å²) in [4.78, 5) is 12.1. The molecule has 4 nitrogen and oxygen atoms in total. The SMILES string of the molecule is CN1CCN([15N]=O)CC1. The van der Waals surface area contributed by atoms with Gasteiger partial charge in [0.15, 0.2) is 0 Å².